The maximum absolute atomic E-state index is 5.12. The molecule has 0 fully saturated rings. The van der Waals surface area contributed by atoms with Crippen LogP contribution in [0.1, 0.15) is 96.8 Å². The van der Waals surface area contributed by atoms with E-state index in [1.165, 1.54) is 77.0 Å². The van der Waals surface area contributed by atoms with Gasteiger partial charge in [0.2, 0.25) is 0 Å². The third-order valence-corrected chi connectivity index (χ3v) is 4.64. The number of hydroxylamine groups is 2. The number of rotatable bonds is 18. The van der Waals surface area contributed by atoms with Gasteiger partial charge in [0.05, 0.1) is 7.11 Å². The number of hydrogen-bond acceptors (Lipinski definition) is 2. The molecule has 0 aromatic carbocycles. The number of hydrogen-bond donors (Lipinski definition) is 0. The molecule has 0 saturated carbocycles. The summed E-state index contributed by atoms with van der Waals surface area (Å²) in [6, 6.07) is 0. The number of unbranched alkanes of at least 4 members (excludes halogenated alkanes) is 10. The molecular formula is C23H43NO. The molecule has 0 aromatic heterocycles. The predicted molar refractivity (Wildman–Crippen MR) is 113 cm³/mol. The molecule has 0 spiro atoms. The number of allylic oxidation sites excluding steroid dienone is 5. The van der Waals surface area contributed by atoms with Crippen molar-refractivity contribution in [1.82, 2.24) is 5.06 Å². The molecule has 0 atom stereocenters. The summed E-state index contributed by atoms with van der Waals surface area (Å²) in [4.78, 5) is 5.12. The van der Waals surface area contributed by atoms with Crippen LogP contribution in [0.3, 0.4) is 0 Å². The summed E-state index contributed by atoms with van der Waals surface area (Å²) < 4.78 is 0. The summed E-state index contributed by atoms with van der Waals surface area (Å²) in [7, 11) is 3.60. The Morgan fingerprint density at radius 2 is 1.32 bits per heavy atom. The molecule has 0 amide bonds. The molecule has 0 saturated heterocycles. The zero-order valence-corrected chi connectivity index (χ0v) is 17.3. The molecular weight excluding hydrogens is 306 g/mol. The van der Waals surface area contributed by atoms with Crippen LogP contribution >= 0.6 is 0 Å². The Balaban J connectivity index is 3.25. The van der Waals surface area contributed by atoms with Gasteiger partial charge in [-0.25, -0.2) is 0 Å². The van der Waals surface area contributed by atoms with E-state index in [0.717, 1.165) is 18.5 Å². The monoisotopic (exact) mass is 349 g/mol. The highest BCUT2D eigenvalue weighted by Gasteiger charge is 2.00. The fourth-order valence-corrected chi connectivity index (χ4v) is 2.78. The molecule has 2 nitrogen and oxygen atoms in total. The van der Waals surface area contributed by atoms with E-state index < -0.39 is 0 Å². The Labute approximate surface area is 158 Å². The highest BCUT2D eigenvalue weighted by atomic mass is 16.7. The van der Waals surface area contributed by atoms with Crippen LogP contribution in [0.5, 0.6) is 0 Å². The highest BCUT2D eigenvalue weighted by molar-refractivity contribution is 4.92. The largest absolute Gasteiger partial charge is 0.277 e. The Hall–Kier alpha value is -1.02. The van der Waals surface area contributed by atoms with E-state index in [1.807, 2.05) is 7.05 Å². The van der Waals surface area contributed by atoms with Crippen LogP contribution in [-0.2, 0) is 4.84 Å². The van der Waals surface area contributed by atoms with Gasteiger partial charge in [0.25, 0.3) is 0 Å². The molecule has 146 valence electrons. The SMILES string of the molecule is C=C(CCCCCCCCC/C=C\C/C=C\CCCCC)N(C)OC. The minimum atomic E-state index is 1.04. The topological polar surface area (TPSA) is 12.5 Å². The second-order valence-electron chi connectivity index (χ2n) is 6.93. The van der Waals surface area contributed by atoms with Crippen molar-refractivity contribution >= 4 is 0 Å². The van der Waals surface area contributed by atoms with Crippen LogP contribution in [0.25, 0.3) is 0 Å². The minimum Gasteiger partial charge on any atom is -0.277 e. The van der Waals surface area contributed by atoms with Gasteiger partial charge < -0.3 is 0 Å². The lowest BCUT2D eigenvalue weighted by molar-refractivity contribution is -0.0796. The van der Waals surface area contributed by atoms with Crippen LogP contribution in [0.2, 0.25) is 0 Å². The van der Waals surface area contributed by atoms with Crippen LogP contribution in [0.15, 0.2) is 36.6 Å². The molecule has 0 aliphatic rings. The molecule has 0 aliphatic carbocycles. The van der Waals surface area contributed by atoms with E-state index in [-0.39, 0.29) is 0 Å². The summed E-state index contributed by atoms with van der Waals surface area (Å²) in [5.74, 6) is 0. The molecule has 0 aromatic rings. The van der Waals surface area contributed by atoms with E-state index in [2.05, 4.69) is 37.8 Å². The second-order valence-corrected chi connectivity index (χ2v) is 6.93. The van der Waals surface area contributed by atoms with Gasteiger partial charge in [0.15, 0.2) is 0 Å². The van der Waals surface area contributed by atoms with E-state index in [1.54, 1.807) is 12.2 Å². The maximum Gasteiger partial charge on any atom is 0.0638 e. The van der Waals surface area contributed by atoms with E-state index in [4.69, 9.17) is 4.84 Å². The van der Waals surface area contributed by atoms with Crippen LogP contribution < -0.4 is 0 Å². The first kappa shape index (κ1) is 24.0. The Morgan fingerprint density at radius 1 is 0.800 bits per heavy atom. The molecule has 0 aliphatic heterocycles. The fourth-order valence-electron chi connectivity index (χ4n) is 2.78. The first-order valence-electron chi connectivity index (χ1n) is 10.5. The molecule has 0 bridgehead atoms. The average Bonchev–Trinajstić information content (AvgIpc) is 2.63. The van der Waals surface area contributed by atoms with Gasteiger partial charge in [0, 0.05) is 12.7 Å². The lowest BCUT2D eigenvalue weighted by Gasteiger charge is -2.18. The maximum atomic E-state index is 5.12. The Morgan fingerprint density at radius 3 is 1.88 bits per heavy atom. The number of nitrogens with zero attached hydrogens (tertiary/aromatic N) is 1. The summed E-state index contributed by atoms with van der Waals surface area (Å²) in [5, 5.41) is 1.76. The van der Waals surface area contributed by atoms with Crippen LogP contribution in [0.4, 0.5) is 0 Å². The Bertz CT molecular complexity index is 346. The van der Waals surface area contributed by atoms with Crippen LogP contribution in [-0.4, -0.2) is 19.2 Å². The summed E-state index contributed by atoms with van der Waals surface area (Å²) in [6.45, 7) is 6.28. The summed E-state index contributed by atoms with van der Waals surface area (Å²) in [6.07, 6.45) is 27.3. The molecule has 0 N–H and O–H groups in total. The molecule has 0 radical (unpaired) electrons. The lowest BCUT2D eigenvalue weighted by Crippen LogP contribution is -2.14. The molecule has 25 heavy (non-hydrogen) atoms. The van der Waals surface area contributed by atoms with E-state index >= 15 is 0 Å². The normalized spacial score (nSPS) is 11.6. The predicted octanol–water partition coefficient (Wildman–Crippen LogP) is 7.59. The van der Waals surface area contributed by atoms with Gasteiger partial charge >= 0.3 is 0 Å². The van der Waals surface area contributed by atoms with E-state index in [0.29, 0.717) is 0 Å². The van der Waals surface area contributed by atoms with Gasteiger partial charge in [0.1, 0.15) is 0 Å². The van der Waals surface area contributed by atoms with Crippen molar-refractivity contribution in [1.29, 1.82) is 0 Å². The van der Waals surface area contributed by atoms with E-state index in [9.17, 15) is 0 Å². The highest BCUT2D eigenvalue weighted by Crippen LogP contribution is 2.13. The van der Waals surface area contributed by atoms with Crippen molar-refractivity contribution in [3.63, 3.8) is 0 Å². The lowest BCUT2D eigenvalue weighted by atomic mass is 10.1. The van der Waals surface area contributed by atoms with Gasteiger partial charge in [-0.1, -0.05) is 82.8 Å². The van der Waals surface area contributed by atoms with Crippen molar-refractivity contribution in [2.45, 2.75) is 96.8 Å². The third-order valence-electron chi connectivity index (χ3n) is 4.64. The van der Waals surface area contributed by atoms with Gasteiger partial charge in [-0.3, -0.25) is 9.90 Å². The fraction of sp³-hybridized carbons (Fsp3) is 0.739. The first-order valence-corrected chi connectivity index (χ1v) is 10.5. The summed E-state index contributed by atoms with van der Waals surface area (Å²) in [5.41, 5.74) is 1.07. The molecule has 0 heterocycles. The zero-order valence-electron chi connectivity index (χ0n) is 17.3. The molecule has 0 unspecified atom stereocenters. The van der Waals surface area contributed by atoms with Gasteiger partial charge in [-0.05, 0) is 44.9 Å². The van der Waals surface area contributed by atoms with Crippen molar-refractivity contribution in [2.24, 2.45) is 0 Å². The van der Waals surface area contributed by atoms with Gasteiger partial charge in [-0.15, -0.1) is 0 Å². The second kappa shape index (κ2) is 19.3. The standard InChI is InChI=1S/C23H43NO/c1-5-6-7-8-9-10-11-12-13-14-15-16-17-18-19-20-21-22-23(2)24(3)25-4/h9-10,12-13H,2,5-8,11,14-22H2,1,3-4H3/b10-9-,13-12-. The average molecular weight is 350 g/mol. The Kier molecular flexibility index (Phi) is 18.5. The molecule has 2 heteroatoms. The minimum absolute atomic E-state index is 1.04. The quantitative estimate of drug-likeness (QED) is 0.144. The van der Waals surface area contributed by atoms with Crippen molar-refractivity contribution < 1.29 is 4.84 Å². The van der Waals surface area contributed by atoms with Crippen molar-refractivity contribution in [3.05, 3.63) is 36.6 Å². The van der Waals surface area contributed by atoms with Crippen molar-refractivity contribution in [3.8, 4) is 0 Å². The van der Waals surface area contributed by atoms with Gasteiger partial charge in [-0.2, -0.15) is 0 Å². The zero-order chi connectivity index (χ0) is 18.6. The molecule has 0 rings (SSSR count). The third kappa shape index (κ3) is 17.6. The van der Waals surface area contributed by atoms with Crippen LogP contribution in [0, 0.1) is 0 Å². The van der Waals surface area contributed by atoms with Crippen molar-refractivity contribution in [2.75, 3.05) is 14.2 Å². The smallest absolute Gasteiger partial charge is 0.0638 e. The summed E-state index contributed by atoms with van der Waals surface area (Å²) >= 11 is 0. The first-order chi connectivity index (χ1) is 12.2.